The van der Waals surface area contributed by atoms with Crippen LogP contribution in [-0.4, -0.2) is 9.55 Å². The van der Waals surface area contributed by atoms with Crippen LogP contribution >= 0.6 is 0 Å². The van der Waals surface area contributed by atoms with Crippen LogP contribution in [0.2, 0.25) is 0 Å². The predicted octanol–water partition coefficient (Wildman–Crippen LogP) is 3.51. The maximum Gasteiger partial charge on any atom is 0.352 e. The molecule has 0 spiro atoms. The zero-order valence-electron chi connectivity index (χ0n) is 11.6. The van der Waals surface area contributed by atoms with E-state index in [-0.39, 0.29) is 5.69 Å². The summed E-state index contributed by atoms with van der Waals surface area (Å²) in [5.41, 5.74) is 2.71. The van der Waals surface area contributed by atoms with E-state index in [1.165, 1.54) is 0 Å². The minimum absolute atomic E-state index is 0.239. The first-order chi connectivity index (χ1) is 9.68. The molecular formula is C17H16N2O. The Morgan fingerprint density at radius 2 is 1.70 bits per heavy atom. The summed E-state index contributed by atoms with van der Waals surface area (Å²) in [5.74, 6) is 0.345. The van der Waals surface area contributed by atoms with Crippen molar-refractivity contribution in [3.63, 3.8) is 0 Å². The number of hydrogen-bond acceptors (Lipinski definition) is 2. The van der Waals surface area contributed by atoms with Gasteiger partial charge in [-0.15, -0.1) is 0 Å². The summed E-state index contributed by atoms with van der Waals surface area (Å²) in [4.78, 5) is 16.3. The van der Waals surface area contributed by atoms with Crippen LogP contribution in [0.1, 0.15) is 25.3 Å². The van der Waals surface area contributed by atoms with Gasteiger partial charge in [-0.3, -0.25) is 4.57 Å². The zero-order chi connectivity index (χ0) is 14.1. The van der Waals surface area contributed by atoms with Crippen molar-refractivity contribution in [2.24, 2.45) is 0 Å². The van der Waals surface area contributed by atoms with E-state index in [4.69, 9.17) is 0 Å². The second kappa shape index (κ2) is 4.93. The fourth-order valence-corrected chi connectivity index (χ4v) is 2.50. The van der Waals surface area contributed by atoms with Gasteiger partial charge < -0.3 is 0 Å². The highest BCUT2D eigenvalue weighted by atomic mass is 16.1. The molecule has 3 rings (SSSR count). The Morgan fingerprint density at radius 1 is 1.00 bits per heavy atom. The topological polar surface area (TPSA) is 34.9 Å². The van der Waals surface area contributed by atoms with Gasteiger partial charge in [-0.2, -0.15) is 0 Å². The smallest absolute Gasteiger partial charge is 0.260 e. The summed E-state index contributed by atoms with van der Waals surface area (Å²) in [5, 5.41) is 0.964. The molecule has 3 heteroatoms. The Kier molecular flexibility index (Phi) is 3.11. The van der Waals surface area contributed by atoms with Gasteiger partial charge in [-0.1, -0.05) is 50.2 Å². The van der Waals surface area contributed by atoms with Crippen molar-refractivity contribution in [1.82, 2.24) is 9.55 Å². The second-order valence-electron chi connectivity index (χ2n) is 5.15. The molecule has 0 saturated heterocycles. The fourth-order valence-electron chi connectivity index (χ4n) is 2.50. The molecule has 100 valence electrons. The summed E-state index contributed by atoms with van der Waals surface area (Å²) >= 11 is 0. The first-order valence-corrected chi connectivity index (χ1v) is 6.74. The molecule has 0 bridgehead atoms. The molecule has 2 aromatic carbocycles. The Bertz CT molecular complexity index is 818. The number of fused-ring (bicyclic) bond motifs is 1. The molecule has 0 amide bonds. The zero-order valence-corrected chi connectivity index (χ0v) is 11.6. The first-order valence-electron chi connectivity index (χ1n) is 6.74. The molecule has 3 nitrogen and oxygen atoms in total. The third-order valence-electron chi connectivity index (χ3n) is 3.48. The van der Waals surface area contributed by atoms with E-state index in [0.717, 1.165) is 22.2 Å². The van der Waals surface area contributed by atoms with Crippen LogP contribution in [0.3, 0.4) is 0 Å². The summed E-state index contributed by atoms with van der Waals surface area (Å²) < 4.78 is 1.70. The molecule has 1 aromatic heterocycles. The number of nitrogens with zero attached hydrogens (tertiary/aromatic N) is 2. The van der Waals surface area contributed by atoms with Crippen LogP contribution < -0.4 is 5.69 Å². The Hall–Kier alpha value is -2.42. The molecule has 0 saturated carbocycles. The molecule has 0 atom stereocenters. The second-order valence-corrected chi connectivity index (χ2v) is 5.15. The van der Waals surface area contributed by atoms with Gasteiger partial charge in [0.2, 0.25) is 0 Å². The number of benzene rings is 2. The highest BCUT2D eigenvalue weighted by molar-refractivity contribution is 5.79. The average Bonchev–Trinajstić information content (AvgIpc) is 2.47. The standard InChI is InChI=1S/C17H16N2O/c1-12(2)14-8-4-6-10-16(14)19-15-9-5-3-7-13(15)11-18-17(19)20/h3-12H,1-2H3. The quantitative estimate of drug-likeness (QED) is 0.710. The molecule has 0 fully saturated rings. The molecule has 0 N–H and O–H groups in total. The van der Waals surface area contributed by atoms with Crippen LogP contribution in [0, 0.1) is 0 Å². The van der Waals surface area contributed by atoms with Gasteiger partial charge in [0, 0.05) is 11.6 Å². The van der Waals surface area contributed by atoms with Crippen molar-refractivity contribution in [2.45, 2.75) is 19.8 Å². The van der Waals surface area contributed by atoms with Gasteiger partial charge in [-0.05, 0) is 23.6 Å². The number of rotatable bonds is 2. The third-order valence-corrected chi connectivity index (χ3v) is 3.48. The van der Waals surface area contributed by atoms with Gasteiger partial charge in [0.05, 0.1) is 11.2 Å². The van der Waals surface area contributed by atoms with Crippen molar-refractivity contribution < 1.29 is 0 Å². The molecular weight excluding hydrogens is 248 g/mol. The van der Waals surface area contributed by atoms with Crippen LogP contribution in [0.4, 0.5) is 0 Å². The number of hydrogen-bond donors (Lipinski definition) is 0. The van der Waals surface area contributed by atoms with Crippen LogP contribution in [0.15, 0.2) is 59.5 Å². The van der Waals surface area contributed by atoms with Crippen LogP contribution in [0.25, 0.3) is 16.6 Å². The van der Waals surface area contributed by atoms with E-state index in [0.29, 0.717) is 5.92 Å². The van der Waals surface area contributed by atoms with E-state index in [1.807, 2.05) is 42.5 Å². The van der Waals surface area contributed by atoms with Gasteiger partial charge in [0.25, 0.3) is 0 Å². The summed E-state index contributed by atoms with van der Waals surface area (Å²) in [6.45, 7) is 4.25. The highest BCUT2D eigenvalue weighted by Crippen LogP contribution is 2.24. The molecule has 1 heterocycles. The molecule has 0 radical (unpaired) electrons. The van der Waals surface area contributed by atoms with E-state index in [1.54, 1.807) is 10.8 Å². The lowest BCUT2D eigenvalue weighted by Crippen LogP contribution is -2.22. The molecule has 0 aliphatic rings. The molecule has 0 unspecified atom stereocenters. The molecule has 20 heavy (non-hydrogen) atoms. The van der Waals surface area contributed by atoms with Crippen LogP contribution in [-0.2, 0) is 0 Å². The highest BCUT2D eigenvalue weighted by Gasteiger charge is 2.11. The average molecular weight is 264 g/mol. The minimum atomic E-state index is -0.239. The first kappa shape index (κ1) is 12.6. The molecule has 3 aromatic rings. The predicted molar refractivity (Wildman–Crippen MR) is 81.4 cm³/mol. The van der Waals surface area contributed by atoms with E-state index < -0.39 is 0 Å². The normalized spacial score (nSPS) is 11.2. The molecule has 0 aliphatic heterocycles. The lowest BCUT2D eigenvalue weighted by atomic mass is 10.0. The summed E-state index contributed by atoms with van der Waals surface area (Å²) in [6, 6.07) is 15.8. The largest absolute Gasteiger partial charge is 0.352 e. The van der Waals surface area contributed by atoms with Gasteiger partial charge in [0.1, 0.15) is 0 Å². The van der Waals surface area contributed by atoms with Crippen molar-refractivity contribution in [3.05, 3.63) is 70.8 Å². The monoisotopic (exact) mass is 264 g/mol. The van der Waals surface area contributed by atoms with E-state index in [2.05, 4.69) is 24.9 Å². The Balaban J connectivity index is 2.41. The van der Waals surface area contributed by atoms with Crippen molar-refractivity contribution in [1.29, 1.82) is 0 Å². The van der Waals surface area contributed by atoms with Crippen molar-refractivity contribution >= 4 is 10.9 Å². The maximum absolute atomic E-state index is 12.3. The van der Waals surface area contributed by atoms with Crippen LogP contribution in [0.5, 0.6) is 0 Å². The number of aromatic nitrogens is 2. The summed E-state index contributed by atoms with van der Waals surface area (Å²) in [7, 11) is 0. The summed E-state index contributed by atoms with van der Waals surface area (Å²) in [6.07, 6.45) is 1.63. The maximum atomic E-state index is 12.3. The lowest BCUT2D eigenvalue weighted by Gasteiger charge is -2.15. The van der Waals surface area contributed by atoms with Gasteiger partial charge in [-0.25, -0.2) is 9.78 Å². The SMILES string of the molecule is CC(C)c1ccccc1-n1c(=O)ncc2ccccc21. The number of para-hydroxylation sites is 2. The van der Waals surface area contributed by atoms with E-state index in [9.17, 15) is 4.79 Å². The molecule has 0 aliphatic carbocycles. The van der Waals surface area contributed by atoms with E-state index >= 15 is 0 Å². The van der Waals surface area contributed by atoms with Gasteiger partial charge >= 0.3 is 5.69 Å². The Morgan fingerprint density at radius 3 is 2.50 bits per heavy atom. The third kappa shape index (κ3) is 2.01. The van der Waals surface area contributed by atoms with Crippen molar-refractivity contribution in [2.75, 3.05) is 0 Å². The minimum Gasteiger partial charge on any atom is -0.260 e. The van der Waals surface area contributed by atoms with Crippen molar-refractivity contribution in [3.8, 4) is 5.69 Å². The van der Waals surface area contributed by atoms with Gasteiger partial charge in [0.15, 0.2) is 0 Å². The fraction of sp³-hybridized carbons (Fsp3) is 0.176. The lowest BCUT2D eigenvalue weighted by molar-refractivity contribution is 0.837. The Labute approximate surface area is 117 Å².